The molecule has 94 valence electrons. The number of carboxylic acids is 1. The van der Waals surface area contributed by atoms with Crippen LogP contribution in [0.1, 0.15) is 21.5 Å². The first kappa shape index (κ1) is 12.7. The Kier molecular flexibility index (Phi) is 3.84. The van der Waals surface area contributed by atoms with Crippen LogP contribution < -0.4 is 5.32 Å². The highest BCUT2D eigenvalue weighted by atomic mass is 16.4. The molecule has 3 nitrogen and oxygen atoms in total. The Hall–Kier alpha value is -2.73. The summed E-state index contributed by atoms with van der Waals surface area (Å²) < 4.78 is 0. The molecule has 2 N–H and O–H groups in total. The number of benzene rings is 2. The SMILES string of the molecule is C#Cc1cccc(NCc2cccc(C(=O)O)c2)c1. The van der Waals surface area contributed by atoms with Crippen molar-refractivity contribution in [3.63, 3.8) is 0 Å². The third kappa shape index (κ3) is 3.36. The smallest absolute Gasteiger partial charge is 0.335 e. The van der Waals surface area contributed by atoms with Gasteiger partial charge in [0, 0.05) is 17.8 Å². The van der Waals surface area contributed by atoms with Crippen molar-refractivity contribution in [1.82, 2.24) is 0 Å². The van der Waals surface area contributed by atoms with E-state index in [1.165, 1.54) is 0 Å². The van der Waals surface area contributed by atoms with Gasteiger partial charge < -0.3 is 10.4 Å². The zero-order valence-corrected chi connectivity index (χ0v) is 10.3. The third-order valence-electron chi connectivity index (χ3n) is 2.70. The first-order chi connectivity index (χ1) is 9.19. The van der Waals surface area contributed by atoms with Crippen LogP contribution in [0.2, 0.25) is 0 Å². The lowest BCUT2D eigenvalue weighted by atomic mass is 10.1. The molecule has 0 amide bonds. The van der Waals surface area contributed by atoms with Gasteiger partial charge in [-0.05, 0) is 35.9 Å². The fourth-order valence-electron chi connectivity index (χ4n) is 1.74. The lowest BCUT2D eigenvalue weighted by Gasteiger charge is -2.07. The van der Waals surface area contributed by atoms with Crippen molar-refractivity contribution in [2.24, 2.45) is 0 Å². The molecule has 2 aromatic carbocycles. The van der Waals surface area contributed by atoms with Crippen LogP contribution in [0.3, 0.4) is 0 Å². The van der Waals surface area contributed by atoms with Crippen LogP contribution in [-0.2, 0) is 6.54 Å². The van der Waals surface area contributed by atoms with Gasteiger partial charge in [0.05, 0.1) is 5.56 Å². The van der Waals surface area contributed by atoms with E-state index in [0.29, 0.717) is 6.54 Å². The molecule has 0 bridgehead atoms. The van der Waals surface area contributed by atoms with Gasteiger partial charge in [0.2, 0.25) is 0 Å². The van der Waals surface area contributed by atoms with Crippen molar-refractivity contribution in [3.05, 3.63) is 65.2 Å². The van der Waals surface area contributed by atoms with Crippen molar-refractivity contribution >= 4 is 11.7 Å². The molecule has 3 heteroatoms. The molecule has 0 atom stereocenters. The molecule has 0 fully saturated rings. The number of anilines is 1. The van der Waals surface area contributed by atoms with E-state index in [-0.39, 0.29) is 5.56 Å². The molecular weight excluding hydrogens is 238 g/mol. The van der Waals surface area contributed by atoms with Gasteiger partial charge in [-0.3, -0.25) is 0 Å². The van der Waals surface area contributed by atoms with Crippen LogP contribution in [0.4, 0.5) is 5.69 Å². The molecular formula is C16H13NO2. The van der Waals surface area contributed by atoms with E-state index in [0.717, 1.165) is 16.8 Å². The van der Waals surface area contributed by atoms with Gasteiger partial charge in [-0.25, -0.2) is 4.79 Å². The molecule has 0 aliphatic rings. The second-order valence-corrected chi connectivity index (χ2v) is 4.08. The van der Waals surface area contributed by atoms with E-state index >= 15 is 0 Å². The van der Waals surface area contributed by atoms with Crippen LogP contribution in [-0.4, -0.2) is 11.1 Å². The molecule has 0 aliphatic heterocycles. The van der Waals surface area contributed by atoms with Crippen molar-refractivity contribution in [3.8, 4) is 12.3 Å². The Morgan fingerprint density at radius 2 is 2.00 bits per heavy atom. The monoisotopic (exact) mass is 251 g/mol. The van der Waals surface area contributed by atoms with E-state index in [1.807, 2.05) is 30.3 Å². The predicted octanol–water partition coefficient (Wildman–Crippen LogP) is 2.98. The minimum absolute atomic E-state index is 0.289. The summed E-state index contributed by atoms with van der Waals surface area (Å²) in [4.78, 5) is 10.9. The summed E-state index contributed by atoms with van der Waals surface area (Å²) in [7, 11) is 0. The molecule has 19 heavy (non-hydrogen) atoms. The van der Waals surface area contributed by atoms with Crippen molar-refractivity contribution in [1.29, 1.82) is 0 Å². The van der Waals surface area contributed by atoms with Crippen LogP contribution in [0.15, 0.2) is 48.5 Å². The summed E-state index contributed by atoms with van der Waals surface area (Å²) in [5, 5.41) is 12.1. The number of rotatable bonds is 4. The molecule has 0 heterocycles. The minimum atomic E-state index is -0.920. The Labute approximate surface area is 111 Å². The van der Waals surface area contributed by atoms with Gasteiger partial charge in [0.25, 0.3) is 0 Å². The van der Waals surface area contributed by atoms with E-state index in [9.17, 15) is 4.79 Å². The highest BCUT2D eigenvalue weighted by molar-refractivity contribution is 5.87. The first-order valence-electron chi connectivity index (χ1n) is 5.82. The lowest BCUT2D eigenvalue weighted by Crippen LogP contribution is -2.02. The topological polar surface area (TPSA) is 49.3 Å². The van der Waals surface area contributed by atoms with Crippen LogP contribution in [0.25, 0.3) is 0 Å². The number of nitrogens with one attached hydrogen (secondary N) is 1. The second kappa shape index (κ2) is 5.74. The Morgan fingerprint density at radius 3 is 2.74 bits per heavy atom. The fraction of sp³-hybridized carbons (Fsp3) is 0.0625. The largest absolute Gasteiger partial charge is 0.478 e. The van der Waals surface area contributed by atoms with Crippen molar-refractivity contribution in [2.75, 3.05) is 5.32 Å². The number of carbonyl (C=O) groups is 1. The third-order valence-corrected chi connectivity index (χ3v) is 2.70. The number of carboxylic acid groups (broad SMARTS) is 1. The van der Waals surface area contributed by atoms with Crippen molar-refractivity contribution < 1.29 is 9.90 Å². The zero-order chi connectivity index (χ0) is 13.7. The maximum Gasteiger partial charge on any atom is 0.335 e. The Balaban J connectivity index is 2.08. The predicted molar refractivity (Wildman–Crippen MR) is 75.1 cm³/mol. The Bertz CT molecular complexity index is 641. The molecule has 0 radical (unpaired) electrons. The van der Waals surface area contributed by atoms with Crippen LogP contribution >= 0.6 is 0 Å². The number of terminal acetylenes is 1. The molecule has 0 aliphatic carbocycles. The summed E-state index contributed by atoms with van der Waals surface area (Å²) in [6.07, 6.45) is 5.34. The summed E-state index contributed by atoms with van der Waals surface area (Å²) >= 11 is 0. The summed E-state index contributed by atoms with van der Waals surface area (Å²) in [6, 6.07) is 14.4. The van der Waals surface area contributed by atoms with Crippen LogP contribution in [0.5, 0.6) is 0 Å². The number of aromatic carboxylic acids is 1. The molecule has 2 rings (SSSR count). The highest BCUT2D eigenvalue weighted by Crippen LogP contribution is 2.12. The van der Waals surface area contributed by atoms with Gasteiger partial charge in [-0.1, -0.05) is 24.1 Å². The molecule has 0 saturated carbocycles. The zero-order valence-electron chi connectivity index (χ0n) is 10.3. The van der Waals surface area contributed by atoms with E-state index in [1.54, 1.807) is 18.2 Å². The molecule has 0 unspecified atom stereocenters. The normalized spacial score (nSPS) is 9.63. The van der Waals surface area contributed by atoms with E-state index in [4.69, 9.17) is 11.5 Å². The molecule has 0 aromatic heterocycles. The summed E-state index contributed by atoms with van der Waals surface area (Å²) in [5.41, 5.74) is 2.92. The average Bonchev–Trinajstić information content (AvgIpc) is 2.45. The minimum Gasteiger partial charge on any atom is -0.478 e. The molecule has 0 spiro atoms. The standard InChI is InChI=1S/C16H13NO2/c1-2-12-5-4-8-15(10-12)17-11-13-6-3-7-14(9-13)16(18)19/h1,3-10,17H,11H2,(H,18,19). The number of hydrogen-bond donors (Lipinski definition) is 2. The van der Waals surface area contributed by atoms with Crippen LogP contribution in [0, 0.1) is 12.3 Å². The quantitative estimate of drug-likeness (QED) is 0.821. The van der Waals surface area contributed by atoms with E-state index < -0.39 is 5.97 Å². The van der Waals surface area contributed by atoms with Gasteiger partial charge in [-0.15, -0.1) is 6.42 Å². The van der Waals surface area contributed by atoms with Gasteiger partial charge in [0.15, 0.2) is 0 Å². The van der Waals surface area contributed by atoms with Gasteiger partial charge in [-0.2, -0.15) is 0 Å². The summed E-state index contributed by atoms with van der Waals surface area (Å²) in [5.74, 6) is 1.65. The number of hydrogen-bond acceptors (Lipinski definition) is 2. The van der Waals surface area contributed by atoms with Gasteiger partial charge in [0.1, 0.15) is 0 Å². The molecule has 2 aromatic rings. The maximum atomic E-state index is 10.9. The maximum absolute atomic E-state index is 10.9. The fourth-order valence-corrected chi connectivity index (χ4v) is 1.74. The summed E-state index contributed by atoms with van der Waals surface area (Å²) in [6.45, 7) is 0.551. The van der Waals surface area contributed by atoms with E-state index in [2.05, 4.69) is 11.2 Å². The second-order valence-electron chi connectivity index (χ2n) is 4.08. The highest BCUT2D eigenvalue weighted by Gasteiger charge is 2.03. The molecule has 0 saturated heterocycles. The van der Waals surface area contributed by atoms with Gasteiger partial charge >= 0.3 is 5.97 Å². The lowest BCUT2D eigenvalue weighted by molar-refractivity contribution is 0.0697. The Morgan fingerprint density at radius 1 is 1.21 bits per heavy atom. The average molecular weight is 251 g/mol. The first-order valence-corrected chi connectivity index (χ1v) is 5.82. The van der Waals surface area contributed by atoms with Crippen molar-refractivity contribution in [2.45, 2.75) is 6.54 Å².